The predicted octanol–water partition coefficient (Wildman–Crippen LogP) is 0.749. The first-order valence-corrected chi connectivity index (χ1v) is 6.31. The number of amides is 3. The van der Waals surface area contributed by atoms with Gasteiger partial charge in [0.05, 0.1) is 6.54 Å². The minimum absolute atomic E-state index is 0.279. The highest BCUT2D eigenvalue weighted by Crippen LogP contribution is 2.26. The van der Waals surface area contributed by atoms with Crippen LogP contribution >= 0.6 is 0 Å². The topological polar surface area (TPSA) is 61.4 Å². The highest BCUT2D eigenvalue weighted by Gasteiger charge is 2.52. The molecule has 0 bridgehead atoms. The van der Waals surface area contributed by atoms with Crippen LogP contribution in [0, 0.1) is 11.6 Å². The van der Waals surface area contributed by atoms with Gasteiger partial charge in [-0.05, 0) is 25.1 Å². The molecule has 2 saturated heterocycles. The molecule has 2 fully saturated rings. The van der Waals surface area contributed by atoms with Crippen LogP contribution in [0.4, 0.5) is 13.6 Å². The van der Waals surface area contributed by atoms with E-state index in [2.05, 4.69) is 10.6 Å². The van der Waals surface area contributed by atoms with Gasteiger partial charge in [0, 0.05) is 12.1 Å². The van der Waals surface area contributed by atoms with Crippen LogP contribution in [0.5, 0.6) is 0 Å². The Morgan fingerprint density at radius 1 is 1.25 bits per heavy atom. The number of nitrogens with zero attached hydrogens (tertiary/aromatic N) is 1. The van der Waals surface area contributed by atoms with Gasteiger partial charge >= 0.3 is 6.03 Å². The van der Waals surface area contributed by atoms with Gasteiger partial charge in [-0.1, -0.05) is 6.07 Å². The van der Waals surface area contributed by atoms with Crippen LogP contribution in [0.1, 0.15) is 12.0 Å². The number of hydrogen-bond acceptors (Lipinski definition) is 3. The van der Waals surface area contributed by atoms with E-state index in [9.17, 15) is 18.4 Å². The summed E-state index contributed by atoms with van der Waals surface area (Å²) in [6.45, 7) is 0.562. The largest absolute Gasteiger partial charge is 0.325 e. The molecule has 20 heavy (non-hydrogen) atoms. The maximum Gasteiger partial charge on any atom is 0.325 e. The van der Waals surface area contributed by atoms with Gasteiger partial charge in [-0.3, -0.25) is 9.69 Å². The third-order valence-electron chi connectivity index (χ3n) is 3.78. The predicted molar refractivity (Wildman–Crippen MR) is 65.7 cm³/mol. The van der Waals surface area contributed by atoms with E-state index in [0.29, 0.717) is 19.5 Å². The molecule has 3 amide bonds. The van der Waals surface area contributed by atoms with Crippen LogP contribution < -0.4 is 10.6 Å². The van der Waals surface area contributed by atoms with Gasteiger partial charge in [0.25, 0.3) is 5.91 Å². The van der Waals surface area contributed by atoms with Crippen LogP contribution in [-0.2, 0) is 11.3 Å². The Bertz CT molecular complexity index is 565. The van der Waals surface area contributed by atoms with Crippen molar-refractivity contribution in [2.45, 2.75) is 18.5 Å². The molecule has 7 heteroatoms. The van der Waals surface area contributed by atoms with Crippen molar-refractivity contribution in [3.63, 3.8) is 0 Å². The molecule has 5 nitrogen and oxygen atoms in total. The first-order chi connectivity index (χ1) is 9.53. The fourth-order valence-electron chi connectivity index (χ4n) is 2.64. The number of urea groups is 1. The summed E-state index contributed by atoms with van der Waals surface area (Å²) in [7, 11) is 0. The van der Waals surface area contributed by atoms with Gasteiger partial charge in [0.2, 0.25) is 0 Å². The number of benzene rings is 1. The fraction of sp³-hybridized carbons (Fsp3) is 0.385. The normalized spacial score (nSPS) is 25.6. The van der Waals surface area contributed by atoms with Crippen LogP contribution in [0.25, 0.3) is 0 Å². The molecule has 0 aliphatic carbocycles. The summed E-state index contributed by atoms with van der Waals surface area (Å²) in [5.74, 6) is -1.97. The van der Waals surface area contributed by atoms with Crippen molar-refractivity contribution in [2.75, 3.05) is 13.1 Å². The molecule has 1 aromatic rings. The Kier molecular flexibility index (Phi) is 2.93. The SMILES string of the molecule is O=C1NC2(CCNC2)C(=O)N1Cc1c(F)cccc1F. The second-order valence-electron chi connectivity index (χ2n) is 5.03. The number of hydrogen-bond donors (Lipinski definition) is 2. The molecule has 2 N–H and O–H groups in total. The lowest BCUT2D eigenvalue weighted by molar-refractivity contribution is -0.131. The smallest absolute Gasteiger partial charge is 0.322 e. The maximum absolute atomic E-state index is 13.6. The van der Waals surface area contributed by atoms with E-state index in [1.807, 2.05) is 0 Å². The average Bonchev–Trinajstić information content (AvgIpc) is 2.95. The first-order valence-electron chi connectivity index (χ1n) is 6.31. The lowest BCUT2D eigenvalue weighted by Crippen LogP contribution is -2.48. The van der Waals surface area contributed by atoms with Gasteiger partial charge < -0.3 is 10.6 Å². The molecule has 2 heterocycles. The second kappa shape index (κ2) is 4.52. The summed E-state index contributed by atoms with van der Waals surface area (Å²) in [6, 6.07) is 2.83. The molecule has 0 aromatic heterocycles. The third kappa shape index (κ3) is 1.85. The summed E-state index contributed by atoms with van der Waals surface area (Å²) >= 11 is 0. The minimum atomic E-state index is -0.960. The molecular formula is C13H13F2N3O2. The summed E-state index contributed by atoms with van der Waals surface area (Å²) < 4.78 is 27.2. The van der Waals surface area contributed by atoms with E-state index in [4.69, 9.17) is 0 Å². The fourth-order valence-corrected chi connectivity index (χ4v) is 2.64. The van der Waals surface area contributed by atoms with E-state index in [1.165, 1.54) is 6.07 Å². The summed E-state index contributed by atoms with van der Waals surface area (Å²) in [5, 5.41) is 5.62. The van der Waals surface area contributed by atoms with E-state index in [1.54, 1.807) is 0 Å². The van der Waals surface area contributed by atoms with Crippen molar-refractivity contribution < 1.29 is 18.4 Å². The Labute approximate surface area is 113 Å². The molecule has 1 spiro atoms. The average molecular weight is 281 g/mol. The zero-order valence-corrected chi connectivity index (χ0v) is 10.6. The number of nitrogens with one attached hydrogen (secondary N) is 2. The lowest BCUT2D eigenvalue weighted by atomic mass is 9.99. The molecule has 1 unspecified atom stereocenters. The van der Waals surface area contributed by atoms with Crippen LogP contribution in [0.15, 0.2) is 18.2 Å². The molecule has 0 radical (unpaired) electrons. The van der Waals surface area contributed by atoms with Crippen molar-refractivity contribution in [1.82, 2.24) is 15.5 Å². The van der Waals surface area contributed by atoms with Gasteiger partial charge in [-0.15, -0.1) is 0 Å². The number of rotatable bonds is 2. The van der Waals surface area contributed by atoms with Crippen LogP contribution in [0.2, 0.25) is 0 Å². The number of imide groups is 1. The van der Waals surface area contributed by atoms with E-state index in [-0.39, 0.29) is 5.56 Å². The van der Waals surface area contributed by atoms with Crippen LogP contribution in [0.3, 0.4) is 0 Å². The van der Waals surface area contributed by atoms with Crippen molar-refractivity contribution in [3.05, 3.63) is 35.4 Å². The number of carbonyl (C=O) groups excluding carboxylic acids is 2. The molecule has 0 saturated carbocycles. The van der Waals surface area contributed by atoms with Crippen molar-refractivity contribution in [1.29, 1.82) is 0 Å². The Morgan fingerprint density at radius 2 is 1.95 bits per heavy atom. The summed E-state index contributed by atoms with van der Waals surface area (Å²) in [4.78, 5) is 25.1. The first kappa shape index (κ1) is 13.0. The van der Waals surface area contributed by atoms with Gasteiger partial charge in [0.15, 0.2) is 0 Å². The molecule has 1 aromatic carbocycles. The summed E-state index contributed by atoms with van der Waals surface area (Å²) in [5.41, 5.74) is -1.24. The summed E-state index contributed by atoms with van der Waals surface area (Å²) in [6.07, 6.45) is 0.480. The van der Waals surface area contributed by atoms with Crippen LogP contribution in [-0.4, -0.2) is 35.5 Å². The minimum Gasteiger partial charge on any atom is -0.322 e. The molecule has 2 aliphatic rings. The zero-order chi connectivity index (χ0) is 14.3. The third-order valence-corrected chi connectivity index (χ3v) is 3.78. The highest BCUT2D eigenvalue weighted by molar-refractivity contribution is 6.07. The van der Waals surface area contributed by atoms with E-state index >= 15 is 0 Å². The van der Waals surface area contributed by atoms with Gasteiger partial charge in [-0.25, -0.2) is 13.6 Å². The molecule has 1 atom stereocenters. The monoisotopic (exact) mass is 281 g/mol. The molecule has 2 aliphatic heterocycles. The number of halogens is 2. The Morgan fingerprint density at radius 3 is 2.55 bits per heavy atom. The van der Waals surface area contributed by atoms with Crippen molar-refractivity contribution in [2.24, 2.45) is 0 Å². The standard InChI is InChI=1S/C13H13F2N3O2/c14-9-2-1-3-10(15)8(9)6-18-11(19)13(17-12(18)20)4-5-16-7-13/h1-3,16H,4-7H2,(H,17,20). The quantitative estimate of drug-likeness (QED) is 0.786. The lowest BCUT2D eigenvalue weighted by Gasteiger charge is -2.19. The second-order valence-corrected chi connectivity index (χ2v) is 5.03. The highest BCUT2D eigenvalue weighted by atomic mass is 19.1. The van der Waals surface area contributed by atoms with E-state index < -0.39 is 35.7 Å². The van der Waals surface area contributed by atoms with Crippen molar-refractivity contribution >= 4 is 11.9 Å². The molecular weight excluding hydrogens is 268 g/mol. The van der Waals surface area contributed by atoms with Crippen molar-refractivity contribution in [3.8, 4) is 0 Å². The Hall–Kier alpha value is -2.02. The number of carbonyl (C=O) groups is 2. The van der Waals surface area contributed by atoms with E-state index in [0.717, 1.165) is 17.0 Å². The zero-order valence-electron chi connectivity index (χ0n) is 10.6. The maximum atomic E-state index is 13.6. The van der Waals surface area contributed by atoms with Gasteiger partial charge in [-0.2, -0.15) is 0 Å². The van der Waals surface area contributed by atoms with Gasteiger partial charge in [0.1, 0.15) is 17.2 Å². The Balaban J connectivity index is 1.88. The molecule has 3 rings (SSSR count). The molecule has 106 valence electrons.